The predicted molar refractivity (Wildman–Crippen MR) is 71.6 cm³/mol. The van der Waals surface area contributed by atoms with Gasteiger partial charge in [-0.15, -0.1) is 0 Å². The molecule has 0 aromatic heterocycles. The van der Waals surface area contributed by atoms with Gasteiger partial charge in [-0.05, 0) is 6.58 Å². The summed E-state index contributed by atoms with van der Waals surface area (Å²) < 4.78 is 31.2. The Kier molecular flexibility index (Phi) is 5.30. The van der Waals surface area contributed by atoms with E-state index >= 15 is 0 Å². The van der Waals surface area contributed by atoms with E-state index in [-0.39, 0.29) is 24.2 Å². The van der Waals surface area contributed by atoms with Gasteiger partial charge in [0.25, 0.3) is 5.95 Å². The van der Waals surface area contributed by atoms with Crippen molar-refractivity contribution in [1.82, 2.24) is 0 Å². The number of ether oxygens (including phenoxy) is 6. The molecule has 0 spiro atoms. The first kappa shape index (κ1) is 15.9. The van der Waals surface area contributed by atoms with Crippen LogP contribution in [0.15, 0.2) is 12.5 Å². The third-order valence-corrected chi connectivity index (χ3v) is 2.97. The number of hydrogen-bond acceptors (Lipinski definition) is 7. The number of hydrogen-bond donors (Lipinski definition) is 0. The molecule has 0 amide bonds. The monoisotopic (exact) mass is 302 g/mol. The molecule has 2 heterocycles. The van der Waals surface area contributed by atoms with Gasteiger partial charge in [-0.1, -0.05) is 13.8 Å². The second-order valence-electron chi connectivity index (χ2n) is 5.92. The van der Waals surface area contributed by atoms with Crippen LogP contribution in [0.1, 0.15) is 13.8 Å². The highest BCUT2D eigenvalue weighted by Gasteiger charge is 2.27. The molecule has 0 N–H and O–H groups in total. The van der Waals surface area contributed by atoms with E-state index in [1.807, 2.05) is 13.8 Å². The minimum atomic E-state index is -0.633. The molecule has 7 heteroatoms. The second kappa shape index (κ2) is 7.00. The van der Waals surface area contributed by atoms with Crippen LogP contribution < -0.4 is 0 Å². The van der Waals surface area contributed by atoms with Crippen LogP contribution in [0.5, 0.6) is 0 Å². The van der Waals surface area contributed by atoms with Gasteiger partial charge in [-0.2, -0.15) is 0 Å². The van der Waals surface area contributed by atoms with E-state index < -0.39 is 6.16 Å². The molecule has 120 valence electrons. The first-order valence-corrected chi connectivity index (χ1v) is 6.92. The fraction of sp³-hybridized carbons (Fsp3) is 0.786. The summed E-state index contributed by atoms with van der Waals surface area (Å²) in [6.45, 7) is 10.2. The highest BCUT2D eigenvalue weighted by molar-refractivity contribution is 5.61. The Balaban J connectivity index is 1.56. The molecular formula is C14H22O7. The molecule has 21 heavy (non-hydrogen) atoms. The lowest BCUT2D eigenvalue weighted by atomic mass is 9.96. The maximum Gasteiger partial charge on any atom is 0.508 e. The normalized spacial score (nSPS) is 25.2. The van der Waals surface area contributed by atoms with Crippen LogP contribution in [0.4, 0.5) is 4.79 Å². The third-order valence-electron chi connectivity index (χ3n) is 2.97. The SMILES string of the molecule is C=C1OCC(COCC(C)(C)COCC2COC(=O)O2)O1. The van der Waals surface area contributed by atoms with Crippen molar-refractivity contribution >= 4 is 6.16 Å². The van der Waals surface area contributed by atoms with Crippen molar-refractivity contribution in [3.63, 3.8) is 0 Å². The summed E-state index contributed by atoms with van der Waals surface area (Å²) in [5.74, 6) is 0.347. The van der Waals surface area contributed by atoms with Crippen molar-refractivity contribution in [3.05, 3.63) is 12.5 Å². The molecule has 0 aromatic rings. The Hall–Kier alpha value is -1.47. The van der Waals surface area contributed by atoms with E-state index in [1.165, 1.54) is 0 Å². The molecule has 2 atom stereocenters. The van der Waals surface area contributed by atoms with Crippen LogP contribution in [0.2, 0.25) is 0 Å². The minimum Gasteiger partial charge on any atom is -0.462 e. The van der Waals surface area contributed by atoms with E-state index in [2.05, 4.69) is 11.3 Å². The topological polar surface area (TPSA) is 72.5 Å². The van der Waals surface area contributed by atoms with Crippen molar-refractivity contribution in [3.8, 4) is 0 Å². The van der Waals surface area contributed by atoms with Gasteiger partial charge in [0.2, 0.25) is 0 Å². The molecule has 0 saturated carbocycles. The maximum absolute atomic E-state index is 10.8. The number of carbonyl (C=O) groups is 1. The minimum absolute atomic E-state index is 0.0933. The molecule has 2 rings (SSSR count). The Morgan fingerprint density at radius 2 is 1.67 bits per heavy atom. The molecule has 2 unspecified atom stereocenters. The van der Waals surface area contributed by atoms with Gasteiger partial charge in [0.05, 0.1) is 26.4 Å². The van der Waals surface area contributed by atoms with Gasteiger partial charge in [0.15, 0.2) is 12.2 Å². The zero-order chi connectivity index (χ0) is 15.3. The van der Waals surface area contributed by atoms with Gasteiger partial charge >= 0.3 is 6.16 Å². The van der Waals surface area contributed by atoms with Crippen LogP contribution in [0.3, 0.4) is 0 Å². The smallest absolute Gasteiger partial charge is 0.462 e. The number of cyclic esters (lactones) is 2. The van der Waals surface area contributed by atoms with Crippen LogP contribution in [0.25, 0.3) is 0 Å². The average molecular weight is 302 g/mol. The van der Waals surface area contributed by atoms with Crippen molar-refractivity contribution in [2.24, 2.45) is 5.41 Å². The lowest BCUT2D eigenvalue weighted by Gasteiger charge is -2.25. The van der Waals surface area contributed by atoms with Gasteiger partial charge in [0, 0.05) is 5.41 Å². The standard InChI is InChI=1S/C14H22O7/c1-10-18-6-11(20-10)4-16-8-14(2,3)9-17-5-12-7-19-13(15)21-12/h11-12H,1,4-9H2,2-3H3. The van der Waals surface area contributed by atoms with Crippen molar-refractivity contribution in [2.45, 2.75) is 26.1 Å². The van der Waals surface area contributed by atoms with Gasteiger partial charge in [-0.25, -0.2) is 4.79 Å². The third kappa shape index (κ3) is 5.43. The van der Waals surface area contributed by atoms with Gasteiger partial charge < -0.3 is 28.4 Å². The molecular weight excluding hydrogens is 280 g/mol. The molecule has 0 aromatic carbocycles. The van der Waals surface area contributed by atoms with Crippen LogP contribution in [0, 0.1) is 5.41 Å². The molecule has 7 nitrogen and oxygen atoms in total. The lowest BCUT2D eigenvalue weighted by molar-refractivity contribution is -0.0400. The zero-order valence-corrected chi connectivity index (χ0v) is 12.5. The maximum atomic E-state index is 10.8. The first-order chi connectivity index (χ1) is 9.94. The van der Waals surface area contributed by atoms with Crippen molar-refractivity contribution in [2.75, 3.05) is 39.6 Å². The van der Waals surface area contributed by atoms with Crippen molar-refractivity contribution in [1.29, 1.82) is 0 Å². The highest BCUT2D eigenvalue weighted by atomic mass is 16.8. The summed E-state index contributed by atoms with van der Waals surface area (Å²) in [4.78, 5) is 10.8. The van der Waals surface area contributed by atoms with E-state index in [9.17, 15) is 4.79 Å². The predicted octanol–water partition coefficient (Wildman–Crippen LogP) is 1.47. The van der Waals surface area contributed by atoms with Crippen LogP contribution in [-0.4, -0.2) is 58.0 Å². The molecule has 0 aliphatic carbocycles. The van der Waals surface area contributed by atoms with Crippen LogP contribution >= 0.6 is 0 Å². The molecule has 0 bridgehead atoms. The summed E-state index contributed by atoms with van der Waals surface area (Å²) in [7, 11) is 0. The summed E-state index contributed by atoms with van der Waals surface area (Å²) >= 11 is 0. The summed E-state index contributed by atoms with van der Waals surface area (Å²) in [6.07, 6.45) is -1.04. The van der Waals surface area contributed by atoms with Gasteiger partial charge in [0.1, 0.15) is 13.2 Å². The summed E-state index contributed by atoms with van der Waals surface area (Å²) in [5.41, 5.74) is -0.153. The molecule has 2 aliphatic heterocycles. The average Bonchev–Trinajstić information content (AvgIpc) is 2.98. The second-order valence-corrected chi connectivity index (χ2v) is 5.92. The Bertz CT molecular complexity index is 346. The Morgan fingerprint density at radius 3 is 2.14 bits per heavy atom. The molecule has 2 fully saturated rings. The quantitative estimate of drug-likeness (QED) is 0.629. The van der Waals surface area contributed by atoms with E-state index in [0.29, 0.717) is 39.0 Å². The summed E-state index contributed by atoms with van der Waals surface area (Å²) in [6, 6.07) is 0. The van der Waals surface area contributed by atoms with E-state index in [4.69, 9.17) is 23.7 Å². The highest BCUT2D eigenvalue weighted by Crippen LogP contribution is 2.19. The Labute approximate surface area is 124 Å². The molecule has 2 aliphatic rings. The largest absolute Gasteiger partial charge is 0.508 e. The van der Waals surface area contributed by atoms with Crippen LogP contribution in [-0.2, 0) is 28.4 Å². The fourth-order valence-corrected chi connectivity index (χ4v) is 1.94. The lowest BCUT2D eigenvalue weighted by Crippen LogP contribution is -2.30. The Morgan fingerprint density at radius 1 is 1.10 bits per heavy atom. The zero-order valence-electron chi connectivity index (χ0n) is 12.5. The van der Waals surface area contributed by atoms with Gasteiger partial charge in [-0.3, -0.25) is 0 Å². The molecule has 0 radical (unpaired) electrons. The summed E-state index contributed by atoms with van der Waals surface area (Å²) in [5, 5.41) is 0. The van der Waals surface area contributed by atoms with E-state index in [0.717, 1.165) is 0 Å². The number of rotatable bonds is 8. The van der Waals surface area contributed by atoms with Crippen molar-refractivity contribution < 1.29 is 33.2 Å². The fourth-order valence-electron chi connectivity index (χ4n) is 1.94. The first-order valence-electron chi connectivity index (χ1n) is 6.92. The van der Waals surface area contributed by atoms with E-state index in [1.54, 1.807) is 0 Å². The number of carbonyl (C=O) groups excluding carboxylic acids is 1. The molecule has 2 saturated heterocycles.